The van der Waals surface area contributed by atoms with Crippen LogP contribution in [0.1, 0.15) is 10.4 Å². The Kier molecular flexibility index (Phi) is 2.45. The molecule has 3 aromatic rings. The Morgan fingerprint density at radius 2 is 1.95 bits per heavy atom. The maximum Gasteiger partial charge on any atom is 0.153 e. The minimum absolute atomic E-state index is 0.196. The van der Waals surface area contributed by atoms with E-state index in [1.807, 2.05) is 6.07 Å². The Hall–Kier alpha value is -2.82. The van der Waals surface area contributed by atoms with Gasteiger partial charge in [0, 0.05) is 11.8 Å². The summed E-state index contributed by atoms with van der Waals surface area (Å²) in [7, 11) is 0. The van der Waals surface area contributed by atoms with Crippen molar-refractivity contribution < 1.29 is 9.90 Å². The fraction of sp³-hybridized carbons (Fsp3) is 0. The van der Waals surface area contributed by atoms with Crippen molar-refractivity contribution in [3.8, 4) is 16.9 Å². The van der Waals surface area contributed by atoms with Crippen molar-refractivity contribution in [1.29, 1.82) is 0 Å². The van der Waals surface area contributed by atoms with E-state index < -0.39 is 0 Å². The highest BCUT2D eigenvalue weighted by Gasteiger charge is 2.11. The molecule has 0 spiro atoms. The van der Waals surface area contributed by atoms with Crippen LogP contribution in [0.15, 0.2) is 42.7 Å². The van der Waals surface area contributed by atoms with Crippen LogP contribution in [0.4, 0.5) is 5.69 Å². The standard InChI is InChI=1S/C14H11N3O2/c15-13-12(9-1-3-11(19)4-2-9)5-6-17-14(13)10(8-18)7-16-17/h1-8,19H,15H2. The molecule has 0 fully saturated rings. The normalized spacial score (nSPS) is 10.7. The van der Waals surface area contributed by atoms with Crippen LogP contribution in [0.3, 0.4) is 0 Å². The number of nitrogens with two attached hydrogens (primary N) is 1. The molecule has 1 aromatic carbocycles. The van der Waals surface area contributed by atoms with E-state index in [4.69, 9.17) is 5.73 Å². The van der Waals surface area contributed by atoms with Crippen LogP contribution in [0.5, 0.6) is 5.75 Å². The molecule has 0 saturated heterocycles. The maximum absolute atomic E-state index is 11.0. The van der Waals surface area contributed by atoms with Crippen LogP contribution in [0.2, 0.25) is 0 Å². The van der Waals surface area contributed by atoms with Crippen molar-refractivity contribution in [2.24, 2.45) is 0 Å². The summed E-state index contributed by atoms with van der Waals surface area (Å²) in [5.41, 5.74) is 9.35. The second-order valence-electron chi connectivity index (χ2n) is 4.20. The molecule has 3 N–H and O–H groups in total. The Bertz CT molecular complexity index is 760. The first-order chi connectivity index (χ1) is 9.20. The van der Waals surface area contributed by atoms with Gasteiger partial charge in [-0.3, -0.25) is 4.79 Å². The molecule has 3 rings (SSSR count). The lowest BCUT2D eigenvalue weighted by atomic mass is 10.0. The van der Waals surface area contributed by atoms with Crippen LogP contribution in [0, 0.1) is 0 Å². The molecule has 0 radical (unpaired) electrons. The van der Waals surface area contributed by atoms with Gasteiger partial charge in [0.1, 0.15) is 11.3 Å². The molecular weight excluding hydrogens is 242 g/mol. The van der Waals surface area contributed by atoms with Gasteiger partial charge in [0.05, 0.1) is 17.4 Å². The van der Waals surface area contributed by atoms with Crippen LogP contribution in [0.25, 0.3) is 16.6 Å². The quantitative estimate of drug-likeness (QED) is 0.685. The van der Waals surface area contributed by atoms with Gasteiger partial charge in [0.2, 0.25) is 0 Å². The van der Waals surface area contributed by atoms with E-state index in [9.17, 15) is 9.90 Å². The largest absolute Gasteiger partial charge is 0.508 e. The highest BCUT2D eigenvalue weighted by Crippen LogP contribution is 2.31. The van der Waals surface area contributed by atoms with Gasteiger partial charge in [0.25, 0.3) is 0 Å². The number of rotatable bonds is 2. The number of carbonyl (C=O) groups is 1. The molecule has 94 valence electrons. The second kappa shape index (κ2) is 4.13. The summed E-state index contributed by atoms with van der Waals surface area (Å²) in [5, 5.41) is 13.4. The zero-order valence-electron chi connectivity index (χ0n) is 9.95. The van der Waals surface area contributed by atoms with E-state index in [-0.39, 0.29) is 5.75 Å². The van der Waals surface area contributed by atoms with Crippen molar-refractivity contribution in [1.82, 2.24) is 9.61 Å². The van der Waals surface area contributed by atoms with Gasteiger partial charge in [-0.25, -0.2) is 4.52 Å². The highest BCUT2D eigenvalue weighted by molar-refractivity contribution is 5.97. The lowest BCUT2D eigenvalue weighted by Gasteiger charge is -2.08. The molecule has 0 unspecified atom stereocenters. The van der Waals surface area contributed by atoms with Crippen LogP contribution >= 0.6 is 0 Å². The SMILES string of the molecule is Nc1c(-c2ccc(O)cc2)ccn2ncc(C=O)c12. The molecule has 0 atom stereocenters. The summed E-state index contributed by atoms with van der Waals surface area (Å²) in [6, 6.07) is 8.56. The number of aromatic nitrogens is 2. The lowest BCUT2D eigenvalue weighted by Crippen LogP contribution is -1.97. The van der Waals surface area contributed by atoms with E-state index in [1.54, 1.807) is 35.0 Å². The summed E-state index contributed by atoms with van der Waals surface area (Å²) in [6.45, 7) is 0. The maximum atomic E-state index is 11.0. The van der Waals surface area contributed by atoms with Crippen molar-refractivity contribution in [2.75, 3.05) is 5.73 Å². The molecule has 0 aliphatic rings. The first-order valence-electron chi connectivity index (χ1n) is 5.71. The number of carbonyl (C=O) groups excluding carboxylic acids is 1. The van der Waals surface area contributed by atoms with Crippen molar-refractivity contribution >= 4 is 17.5 Å². The van der Waals surface area contributed by atoms with Crippen molar-refractivity contribution in [3.05, 3.63) is 48.3 Å². The molecule has 0 aliphatic carbocycles. The molecular formula is C14H11N3O2. The monoisotopic (exact) mass is 253 g/mol. The number of nitrogens with zero attached hydrogens (tertiary/aromatic N) is 2. The smallest absolute Gasteiger partial charge is 0.153 e. The Morgan fingerprint density at radius 1 is 1.21 bits per heavy atom. The fourth-order valence-corrected chi connectivity index (χ4v) is 2.11. The van der Waals surface area contributed by atoms with E-state index >= 15 is 0 Å². The molecule has 19 heavy (non-hydrogen) atoms. The third-order valence-electron chi connectivity index (χ3n) is 3.06. The van der Waals surface area contributed by atoms with E-state index in [2.05, 4.69) is 5.10 Å². The number of phenolic OH excluding ortho intramolecular Hbond substituents is 1. The van der Waals surface area contributed by atoms with E-state index in [0.717, 1.165) is 17.4 Å². The number of hydrogen-bond acceptors (Lipinski definition) is 4. The number of aromatic hydroxyl groups is 1. The molecule has 0 bridgehead atoms. The van der Waals surface area contributed by atoms with E-state index in [0.29, 0.717) is 16.8 Å². The van der Waals surface area contributed by atoms with Gasteiger partial charge >= 0.3 is 0 Å². The summed E-state index contributed by atoms with van der Waals surface area (Å²) in [4.78, 5) is 11.0. The van der Waals surface area contributed by atoms with E-state index in [1.165, 1.54) is 6.20 Å². The lowest BCUT2D eigenvalue weighted by molar-refractivity contribution is 0.112. The van der Waals surface area contributed by atoms with Crippen LogP contribution < -0.4 is 5.73 Å². The van der Waals surface area contributed by atoms with Gasteiger partial charge in [-0.1, -0.05) is 12.1 Å². The van der Waals surface area contributed by atoms with Crippen LogP contribution in [-0.2, 0) is 0 Å². The second-order valence-corrected chi connectivity index (χ2v) is 4.20. The summed E-state index contributed by atoms with van der Waals surface area (Å²) in [6.07, 6.45) is 3.97. The number of fused-ring (bicyclic) bond motifs is 1. The Labute approximate surface area is 108 Å². The van der Waals surface area contributed by atoms with Crippen LogP contribution in [-0.4, -0.2) is 21.0 Å². The fourth-order valence-electron chi connectivity index (χ4n) is 2.11. The number of nitrogen functional groups attached to an aromatic ring is 1. The highest BCUT2D eigenvalue weighted by atomic mass is 16.3. The zero-order chi connectivity index (χ0) is 13.4. The van der Waals surface area contributed by atoms with Gasteiger partial charge in [0.15, 0.2) is 6.29 Å². The number of pyridine rings is 1. The number of benzene rings is 1. The first-order valence-corrected chi connectivity index (χ1v) is 5.71. The predicted octanol–water partition coefficient (Wildman–Crippen LogP) is 2.10. The molecule has 2 heterocycles. The summed E-state index contributed by atoms with van der Waals surface area (Å²) < 4.78 is 1.57. The average Bonchev–Trinajstić information content (AvgIpc) is 2.84. The van der Waals surface area contributed by atoms with Crippen molar-refractivity contribution in [3.63, 3.8) is 0 Å². The van der Waals surface area contributed by atoms with Crippen molar-refractivity contribution in [2.45, 2.75) is 0 Å². The minimum Gasteiger partial charge on any atom is -0.508 e. The summed E-state index contributed by atoms with van der Waals surface area (Å²) >= 11 is 0. The molecule has 5 nitrogen and oxygen atoms in total. The molecule has 2 aromatic heterocycles. The van der Waals surface area contributed by atoms with Gasteiger partial charge < -0.3 is 10.8 Å². The topological polar surface area (TPSA) is 80.6 Å². The Balaban J connectivity index is 2.27. The van der Waals surface area contributed by atoms with Gasteiger partial charge in [-0.15, -0.1) is 0 Å². The predicted molar refractivity (Wildman–Crippen MR) is 72.1 cm³/mol. The zero-order valence-corrected chi connectivity index (χ0v) is 9.95. The number of phenols is 1. The molecule has 0 amide bonds. The number of hydrogen-bond donors (Lipinski definition) is 2. The third kappa shape index (κ3) is 1.72. The summed E-state index contributed by atoms with van der Waals surface area (Å²) in [5.74, 6) is 0.196. The van der Waals surface area contributed by atoms with Gasteiger partial charge in [-0.05, 0) is 23.8 Å². The molecule has 0 aliphatic heterocycles. The number of anilines is 1. The average molecular weight is 253 g/mol. The number of aldehydes is 1. The third-order valence-corrected chi connectivity index (χ3v) is 3.06. The first kappa shape index (κ1) is 11.3. The van der Waals surface area contributed by atoms with Gasteiger partial charge in [-0.2, -0.15) is 5.10 Å². The Morgan fingerprint density at radius 3 is 2.63 bits per heavy atom. The minimum atomic E-state index is 0.196. The molecule has 0 saturated carbocycles. The molecule has 5 heteroatoms.